The Kier molecular flexibility index (Phi) is 7.07. The maximum atomic E-state index is 10.8. The zero-order valence-corrected chi connectivity index (χ0v) is 8.58. The maximum Gasteiger partial charge on any atom is 0.508 e. The molecular formula is C10H18O3. The van der Waals surface area contributed by atoms with Crippen molar-refractivity contribution in [2.24, 2.45) is 0 Å². The summed E-state index contributed by atoms with van der Waals surface area (Å²) in [6.07, 6.45) is 5.99. The number of methoxy groups -OCH3 is 1. The molecule has 0 bridgehead atoms. The average Bonchev–Trinajstić information content (AvgIpc) is 2.14. The third-order valence-corrected chi connectivity index (χ3v) is 1.66. The topological polar surface area (TPSA) is 35.5 Å². The first-order chi connectivity index (χ1) is 6.24. The molecule has 0 rings (SSSR count). The third kappa shape index (κ3) is 6.20. The van der Waals surface area contributed by atoms with Crippen molar-refractivity contribution >= 4 is 6.16 Å². The zero-order chi connectivity index (χ0) is 10.1. The van der Waals surface area contributed by atoms with Crippen molar-refractivity contribution in [1.29, 1.82) is 0 Å². The van der Waals surface area contributed by atoms with Crippen LogP contribution in [-0.4, -0.2) is 19.4 Å². The van der Waals surface area contributed by atoms with Crippen LogP contribution in [0.2, 0.25) is 0 Å². The molecule has 0 aromatic carbocycles. The first kappa shape index (κ1) is 12.0. The standard InChI is InChI=1S/C10H18O3/c1-4-6-8-9(7-5-2)13-10(11)12-3/h5,7,9H,4,6,8H2,1-3H3/b7-5+. The van der Waals surface area contributed by atoms with Crippen LogP contribution in [0.4, 0.5) is 4.79 Å². The smallest absolute Gasteiger partial charge is 0.438 e. The highest BCUT2D eigenvalue weighted by molar-refractivity contribution is 5.60. The van der Waals surface area contributed by atoms with Gasteiger partial charge in [-0.15, -0.1) is 0 Å². The molecule has 13 heavy (non-hydrogen) atoms. The van der Waals surface area contributed by atoms with E-state index in [0.717, 1.165) is 19.3 Å². The van der Waals surface area contributed by atoms with E-state index in [2.05, 4.69) is 11.7 Å². The van der Waals surface area contributed by atoms with Gasteiger partial charge >= 0.3 is 6.16 Å². The molecule has 1 atom stereocenters. The Labute approximate surface area is 79.7 Å². The second-order valence-electron chi connectivity index (χ2n) is 2.78. The normalized spacial score (nSPS) is 12.8. The number of rotatable bonds is 5. The first-order valence-electron chi connectivity index (χ1n) is 4.62. The minimum Gasteiger partial charge on any atom is -0.438 e. The van der Waals surface area contributed by atoms with E-state index in [0.29, 0.717) is 0 Å². The predicted octanol–water partition coefficient (Wildman–Crippen LogP) is 2.90. The molecule has 1 unspecified atom stereocenters. The summed E-state index contributed by atoms with van der Waals surface area (Å²) in [5.74, 6) is 0. The van der Waals surface area contributed by atoms with Crippen LogP contribution in [0.3, 0.4) is 0 Å². The number of allylic oxidation sites excluding steroid dienone is 1. The maximum absolute atomic E-state index is 10.8. The highest BCUT2D eigenvalue weighted by Crippen LogP contribution is 2.07. The minimum absolute atomic E-state index is 0.141. The minimum atomic E-state index is -0.612. The fraction of sp³-hybridized carbons (Fsp3) is 0.700. The number of unbranched alkanes of at least 4 members (excludes halogenated alkanes) is 1. The van der Waals surface area contributed by atoms with Crippen LogP contribution in [0, 0.1) is 0 Å². The van der Waals surface area contributed by atoms with Gasteiger partial charge in [0.1, 0.15) is 6.10 Å². The molecule has 0 heterocycles. The lowest BCUT2D eigenvalue weighted by atomic mass is 10.1. The highest BCUT2D eigenvalue weighted by atomic mass is 16.7. The van der Waals surface area contributed by atoms with Crippen LogP contribution in [-0.2, 0) is 9.47 Å². The summed E-state index contributed by atoms with van der Waals surface area (Å²) in [5, 5.41) is 0. The lowest BCUT2D eigenvalue weighted by Gasteiger charge is -2.12. The summed E-state index contributed by atoms with van der Waals surface area (Å²) >= 11 is 0. The summed E-state index contributed by atoms with van der Waals surface area (Å²) in [5.41, 5.74) is 0. The predicted molar refractivity (Wildman–Crippen MR) is 51.6 cm³/mol. The molecule has 0 amide bonds. The van der Waals surface area contributed by atoms with Crippen LogP contribution in [0.1, 0.15) is 33.1 Å². The van der Waals surface area contributed by atoms with Crippen molar-refractivity contribution in [3.05, 3.63) is 12.2 Å². The van der Waals surface area contributed by atoms with E-state index in [1.54, 1.807) is 0 Å². The van der Waals surface area contributed by atoms with E-state index >= 15 is 0 Å². The molecule has 0 saturated carbocycles. The van der Waals surface area contributed by atoms with Crippen LogP contribution in [0.15, 0.2) is 12.2 Å². The molecule has 0 fully saturated rings. The highest BCUT2D eigenvalue weighted by Gasteiger charge is 2.09. The molecule has 0 spiro atoms. The van der Waals surface area contributed by atoms with Crippen LogP contribution >= 0.6 is 0 Å². The molecule has 3 heteroatoms. The largest absolute Gasteiger partial charge is 0.508 e. The fourth-order valence-corrected chi connectivity index (χ4v) is 0.986. The van der Waals surface area contributed by atoms with E-state index in [1.807, 2.05) is 19.1 Å². The zero-order valence-electron chi connectivity index (χ0n) is 8.58. The Hall–Kier alpha value is -0.990. The van der Waals surface area contributed by atoms with Gasteiger partial charge < -0.3 is 9.47 Å². The van der Waals surface area contributed by atoms with Gasteiger partial charge in [0.25, 0.3) is 0 Å². The van der Waals surface area contributed by atoms with Gasteiger partial charge in [0.05, 0.1) is 7.11 Å². The van der Waals surface area contributed by atoms with Crippen molar-refractivity contribution in [2.45, 2.75) is 39.2 Å². The van der Waals surface area contributed by atoms with Crippen molar-refractivity contribution in [3.63, 3.8) is 0 Å². The van der Waals surface area contributed by atoms with Gasteiger partial charge in [-0.2, -0.15) is 0 Å². The van der Waals surface area contributed by atoms with E-state index in [9.17, 15) is 4.79 Å². The van der Waals surface area contributed by atoms with Gasteiger partial charge in [0.15, 0.2) is 0 Å². The second-order valence-corrected chi connectivity index (χ2v) is 2.78. The monoisotopic (exact) mass is 186 g/mol. The third-order valence-electron chi connectivity index (χ3n) is 1.66. The molecule has 0 aliphatic carbocycles. The summed E-state index contributed by atoms with van der Waals surface area (Å²) in [6.45, 7) is 4.00. The van der Waals surface area contributed by atoms with Crippen molar-refractivity contribution in [1.82, 2.24) is 0 Å². The lowest BCUT2D eigenvalue weighted by molar-refractivity contribution is 0.0493. The first-order valence-corrected chi connectivity index (χ1v) is 4.62. The summed E-state index contributed by atoms with van der Waals surface area (Å²) in [4.78, 5) is 10.8. The summed E-state index contributed by atoms with van der Waals surface area (Å²) < 4.78 is 9.41. The van der Waals surface area contributed by atoms with Gasteiger partial charge in [-0.05, 0) is 25.8 Å². The van der Waals surface area contributed by atoms with E-state index in [1.165, 1.54) is 7.11 Å². The number of ether oxygens (including phenoxy) is 2. The molecule has 0 aliphatic heterocycles. The second kappa shape index (κ2) is 7.65. The lowest BCUT2D eigenvalue weighted by Crippen LogP contribution is -2.15. The van der Waals surface area contributed by atoms with E-state index < -0.39 is 6.16 Å². The molecule has 0 aliphatic rings. The number of carbonyl (C=O) groups is 1. The molecular weight excluding hydrogens is 168 g/mol. The van der Waals surface area contributed by atoms with Gasteiger partial charge in [-0.1, -0.05) is 19.4 Å². The molecule has 0 aromatic rings. The van der Waals surface area contributed by atoms with Crippen molar-refractivity contribution in [2.75, 3.05) is 7.11 Å². The fourth-order valence-electron chi connectivity index (χ4n) is 0.986. The van der Waals surface area contributed by atoms with E-state index in [4.69, 9.17) is 4.74 Å². The summed E-state index contributed by atoms with van der Waals surface area (Å²) in [7, 11) is 1.31. The Morgan fingerprint density at radius 3 is 2.69 bits per heavy atom. The van der Waals surface area contributed by atoms with Crippen molar-refractivity contribution < 1.29 is 14.3 Å². The molecule has 0 radical (unpaired) electrons. The molecule has 0 saturated heterocycles. The van der Waals surface area contributed by atoms with Crippen LogP contribution < -0.4 is 0 Å². The molecule has 76 valence electrons. The quantitative estimate of drug-likeness (QED) is 0.489. The van der Waals surface area contributed by atoms with Gasteiger partial charge in [0, 0.05) is 0 Å². The molecule has 0 N–H and O–H groups in total. The Morgan fingerprint density at radius 2 is 2.23 bits per heavy atom. The number of carbonyl (C=O) groups excluding carboxylic acids is 1. The SMILES string of the molecule is C/C=C/C(CCCC)OC(=O)OC. The number of hydrogen-bond acceptors (Lipinski definition) is 3. The van der Waals surface area contributed by atoms with Gasteiger partial charge in [-0.25, -0.2) is 4.79 Å². The van der Waals surface area contributed by atoms with Crippen LogP contribution in [0.25, 0.3) is 0 Å². The molecule has 3 nitrogen and oxygen atoms in total. The van der Waals surface area contributed by atoms with Gasteiger partial charge in [0.2, 0.25) is 0 Å². The van der Waals surface area contributed by atoms with Crippen molar-refractivity contribution in [3.8, 4) is 0 Å². The van der Waals surface area contributed by atoms with E-state index in [-0.39, 0.29) is 6.10 Å². The Bertz CT molecular complexity index is 164. The Morgan fingerprint density at radius 1 is 1.54 bits per heavy atom. The summed E-state index contributed by atoms with van der Waals surface area (Å²) in [6, 6.07) is 0. The van der Waals surface area contributed by atoms with Gasteiger partial charge in [-0.3, -0.25) is 0 Å². The number of hydrogen-bond donors (Lipinski definition) is 0. The average molecular weight is 186 g/mol. The van der Waals surface area contributed by atoms with Crippen LogP contribution in [0.5, 0.6) is 0 Å². The Balaban J connectivity index is 3.86. The molecule has 0 aromatic heterocycles.